The van der Waals surface area contributed by atoms with Crippen LogP contribution in [0, 0.1) is 0 Å². The summed E-state index contributed by atoms with van der Waals surface area (Å²) in [6, 6.07) is 37.5. The van der Waals surface area contributed by atoms with Crippen LogP contribution in [0.25, 0.3) is 0 Å². The Hall–Kier alpha value is -4.73. The van der Waals surface area contributed by atoms with Gasteiger partial charge in [-0.25, -0.2) is 13.8 Å². The maximum atomic E-state index is 12.8. The molecule has 1 heterocycles. The first-order valence-electron chi connectivity index (χ1n) is 12.0. The molecule has 1 aromatic heterocycles. The second kappa shape index (κ2) is 11.8. The van der Waals surface area contributed by atoms with Gasteiger partial charge in [-0.2, -0.15) is 5.10 Å². The normalized spacial score (nSPS) is 11.3. The van der Waals surface area contributed by atoms with Crippen molar-refractivity contribution in [1.82, 2.24) is 5.43 Å². The van der Waals surface area contributed by atoms with Gasteiger partial charge in [0.05, 0.1) is 17.5 Å². The molecule has 0 spiro atoms. The van der Waals surface area contributed by atoms with E-state index in [2.05, 4.69) is 44.4 Å². The number of sulfonamides is 1. The van der Waals surface area contributed by atoms with Crippen molar-refractivity contribution in [3.05, 3.63) is 138 Å². The number of thiophene rings is 1. The van der Waals surface area contributed by atoms with Crippen molar-refractivity contribution in [3.63, 3.8) is 0 Å². The summed E-state index contributed by atoms with van der Waals surface area (Å²) in [7, 11) is -3.79. The number of hydrogen-bond acceptors (Lipinski definition) is 6. The summed E-state index contributed by atoms with van der Waals surface area (Å²) >= 11 is 1.10. The molecule has 4 aromatic carbocycles. The summed E-state index contributed by atoms with van der Waals surface area (Å²) in [4.78, 5) is 15.0. The molecular weight excluding hydrogens is 528 g/mol. The van der Waals surface area contributed by atoms with E-state index in [0.29, 0.717) is 0 Å². The molecule has 1 amide bonds. The average molecular weight is 553 g/mol. The van der Waals surface area contributed by atoms with Gasteiger partial charge >= 0.3 is 0 Å². The van der Waals surface area contributed by atoms with Gasteiger partial charge in [0.15, 0.2) is 0 Å². The number of amides is 1. The zero-order valence-corrected chi connectivity index (χ0v) is 22.3. The van der Waals surface area contributed by atoms with Crippen LogP contribution in [-0.4, -0.2) is 20.5 Å². The molecule has 0 bridgehead atoms. The Morgan fingerprint density at radius 2 is 1.31 bits per heavy atom. The van der Waals surface area contributed by atoms with Crippen LogP contribution >= 0.6 is 11.3 Å². The lowest BCUT2D eigenvalue weighted by atomic mass is 10.1. The molecular formula is C30H24N4O3S2. The van der Waals surface area contributed by atoms with Crippen molar-refractivity contribution >= 4 is 56.2 Å². The first-order valence-corrected chi connectivity index (χ1v) is 14.4. The number of carbonyl (C=O) groups excluding carboxylic acids is 1. The van der Waals surface area contributed by atoms with E-state index in [1.165, 1.54) is 24.4 Å². The standard InChI is InChI=1S/C30H24N4O3S2/c35-30(27-14-7-8-15-28(27)33-39(36,37)29-16-9-21-38-29)32-31-22-23-17-19-26(20-18-23)34(24-10-3-1-4-11-24)25-12-5-2-6-13-25/h1-22,33H,(H,32,35)/b31-22+. The van der Waals surface area contributed by atoms with E-state index in [0.717, 1.165) is 34.0 Å². The first-order chi connectivity index (χ1) is 19.0. The molecule has 39 heavy (non-hydrogen) atoms. The lowest BCUT2D eigenvalue weighted by molar-refractivity contribution is 0.0956. The Kier molecular flexibility index (Phi) is 7.81. The third-order valence-corrected chi connectivity index (χ3v) is 8.50. The van der Waals surface area contributed by atoms with Crippen LogP contribution in [-0.2, 0) is 10.0 Å². The molecule has 0 aliphatic heterocycles. The van der Waals surface area contributed by atoms with Crippen molar-refractivity contribution in [1.29, 1.82) is 0 Å². The molecule has 0 saturated heterocycles. The Bertz CT molecular complexity index is 1630. The summed E-state index contributed by atoms with van der Waals surface area (Å²) < 4.78 is 27.9. The summed E-state index contributed by atoms with van der Waals surface area (Å²) in [5, 5.41) is 5.76. The Morgan fingerprint density at radius 1 is 0.718 bits per heavy atom. The third-order valence-electron chi connectivity index (χ3n) is 5.74. The summed E-state index contributed by atoms with van der Waals surface area (Å²) in [5.41, 5.74) is 6.64. The maximum absolute atomic E-state index is 12.8. The highest BCUT2D eigenvalue weighted by Gasteiger charge is 2.19. The minimum atomic E-state index is -3.79. The number of benzene rings is 4. The van der Waals surface area contributed by atoms with Gasteiger partial charge in [0.2, 0.25) is 0 Å². The maximum Gasteiger partial charge on any atom is 0.273 e. The number of nitrogens with one attached hydrogen (secondary N) is 2. The molecule has 0 aliphatic carbocycles. The van der Waals surface area contributed by atoms with Gasteiger partial charge in [0.1, 0.15) is 4.21 Å². The van der Waals surface area contributed by atoms with Crippen LogP contribution in [0.5, 0.6) is 0 Å². The Labute approximate surface area is 231 Å². The molecule has 5 aromatic rings. The number of nitrogens with zero attached hydrogens (tertiary/aromatic N) is 2. The smallest absolute Gasteiger partial charge is 0.273 e. The number of carbonyl (C=O) groups is 1. The fourth-order valence-corrected chi connectivity index (χ4v) is 5.99. The van der Waals surface area contributed by atoms with Crippen molar-refractivity contribution in [2.75, 3.05) is 9.62 Å². The molecule has 7 nitrogen and oxygen atoms in total. The summed E-state index contributed by atoms with van der Waals surface area (Å²) in [5.74, 6) is -0.535. The monoisotopic (exact) mass is 552 g/mol. The second-order valence-electron chi connectivity index (χ2n) is 8.38. The fraction of sp³-hybridized carbons (Fsp3) is 0. The lowest BCUT2D eigenvalue weighted by Crippen LogP contribution is -2.21. The highest BCUT2D eigenvalue weighted by atomic mass is 32.2. The van der Waals surface area contributed by atoms with Crippen LogP contribution in [0.3, 0.4) is 0 Å². The molecule has 0 fully saturated rings. The van der Waals surface area contributed by atoms with Crippen LogP contribution in [0.1, 0.15) is 15.9 Å². The molecule has 0 radical (unpaired) electrons. The van der Waals surface area contributed by atoms with Crippen LogP contribution < -0.4 is 15.0 Å². The Morgan fingerprint density at radius 3 is 1.92 bits per heavy atom. The molecule has 194 valence electrons. The van der Waals surface area contributed by atoms with E-state index >= 15 is 0 Å². The van der Waals surface area contributed by atoms with Gasteiger partial charge in [0.25, 0.3) is 15.9 Å². The molecule has 0 saturated carbocycles. The van der Waals surface area contributed by atoms with Crippen molar-refractivity contribution in [2.24, 2.45) is 5.10 Å². The van der Waals surface area contributed by atoms with Gasteiger partial charge in [-0.15, -0.1) is 11.3 Å². The predicted octanol–water partition coefficient (Wildman–Crippen LogP) is 6.78. The molecule has 0 atom stereocenters. The number of hydrogen-bond donors (Lipinski definition) is 2. The molecule has 2 N–H and O–H groups in total. The topological polar surface area (TPSA) is 90.9 Å². The van der Waals surface area contributed by atoms with Gasteiger partial charge < -0.3 is 4.90 Å². The van der Waals surface area contributed by atoms with Gasteiger partial charge in [0, 0.05) is 17.1 Å². The number of rotatable bonds is 9. The minimum Gasteiger partial charge on any atom is -0.311 e. The van der Waals surface area contributed by atoms with Crippen LogP contribution in [0.2, 0.25) is 0 Å². The van der Waals surface area contributed by atoms with E-state index in [1.807, 2.05) is 60.7 Å². The van der Waals surface area contributed by atoms with Gasteiger partial charge in [-0.1, -0.05) is 66.7 Å². The van der Waals surface area contributed by atoms with Crippen LogP contribution in [0.15, 0.2) is 136 Å². The highest BCUT2D eigenvalue weighted by Crippen LogP contribution is 2.34. The van der Waals surface area contributed by atoms with E-state index in [1.54, 1.807) is 23.6 Å². The van der Waals surface area contributed by atoms with E-state index in [4.69, 9.17) is 0 Å². The average Bonchev–Trinajstić information content (AvgIpc) is 3.52. The van der Waals surface area contributed by atoms with E-state index < -0.39 is 15.9 Å². The lowest BCUT2D eigenvalue weighted by Gasteiger charge is -2.25. The van der Waals surface area contributed by atoms with Gasteiger partial charge in [-0.05, 0) is 65.5 Å². The summed E-state index contributed by atoms with van der Waals surface area (Å²) in [6.07, 6.45) is 1.54. The molecule has 0 unspecified atom stereocenters. The van der Waals surface area contributed by atoms with Crippen molar-refractivity contribution in [2.45, 2.75) is 4.21 Å². The van der Waals surface area contributed by atoms with E-state index in [9.17, 15) is 13.2 Å². The molecule has 0 aliphatic rings. The fourth-order valence-electron chi connectivity index (χ4n) is 3.92. The number of para-hydroxylation sites is 3. The SMILES string of the molecule is O=C(N/N=C/c1ccc(N(c2ccccc2)c2ccccc2)cc1)c1ccccc1NS(=O)(=O)c1cccs1. The number of anilines is 4. The molecule has 5 rings (SSSR count). The minimum absolute atomic E-state index is 0.159. The predicted molar refractivity (Wildman–Crippen MR) is 158 cm³/mol. The Balaban J connectivity index is 1.30. The largest absolute Gasteiger partial charge is 0.311 e. The van der Waals surface area contributed by atoms with Gasteiger partial charge in [-0.3, -0.25) is 9.52 Å². The third kappa shape index (κ3) is 6.23. The summed E-state index contributed by atoms with van der Waals surface area (Å²) in [6.45, 7) is 0. The van der Waals surface area contributed by atoms with Crippen molar-refractivity contribution < 1.29 is 13.2 Å². The van der Waals surface area contributed by atoms with Crippen molar-refractivity contribution in [3.8, 4) is 0 Å². The first kappa shape index (κ1) is 25.9. The second-order valence-corrected chi connectivity index (χ2v) is 11.2. The number of hydrazone groups is 1. The quantitative estimate of drug-likeness (QED) is 0.156. The highest BCUT2D eigenvalue weighted by molar-refractivity contribution is 7.94. The van der Waals surface area contributed by atoms with E-state index in [-0.39, 0.29) is 15.5 Å². The molecule has 9 heteroatoms. The zero-order valence-electron chi connectivity index (χ0n) is 20.6. The zero-order chi connectivity index (χ0) is 27.1. The van der Waals surface area contributed by atoms with Crippen LogP contribution in [0.4, 0.5) is 22.7 Å².